The van der Waals surface area contributed by atoms with Crippen LogP contribution in [0, 0.1) is 11.3 Å². The van der Waals surface area contributed by atoms with Gasteiger partial charge in [0, 0.05) is 24.8 Å². The smallest absolute Gasteiger partial charge is 0.133 e. The Kier molecular flexibility index (Phi) is 4.66. The van der Waals surface area contributed by atoms with Crippen molar-refractivity contribution in [1.82, 2.24) is 9.55 Å². The molecule has 0 radical (unpaired) electrons. The fourth-order valence-corrected chi connectivity index (χ4v) is 6.17. The summed E-state index contributed by atoms with van der Waals surface area (Å²) in [4.78, 5) is 17.4. The number of imidazole rings is 1. The second-order valence-electron chi connectivity index (χ2n) is 11.4. The van der Waals surface area contributed by atoms with Gasteiger partial charge in [0.15, 0.2) is 0 Å². The third kappa shape index (κ3) is 3.41. The molecular weight excluding hydrogens is 372 g/mol. The van der Waals surface area contributed by atoms with E-state index in [-0.39, 0.29) is 5.54 Å². The zero-order chi connectivity index (χ0) is 21.1. The van der Waals surface area contributed by atoms with Crippen molar-refractivity contribution in [1.29, 1.82) is 0 Å². The molecule has 1 aromatic heterocycles. The van der Waals surface area contributed by atoms with Gasteiger partial charge >= 0.3 is 0 Å². The number of carbonyl (C=O) groups is 1. The Morgan fingerprint density at radius 1 is 1.23 bits per heavy atom. The molecular formula is C26H36N2O2. The van der Waals surface area contributed by atoms with Gasteiger partial charge in [-0.2, -0.15) is 0 Å². The monoisotopic (exact) mass is 408 g/mol. The van der Waals surface area contributed by atoms with Crippen LogP contribution in [0.1, 0.15) is 96.4 Å². The molecule has 1 N–H and O–H groups in total. The van der Waals surface area contributed by atoms with E-state index in [2.05, 4.69) is 23.6 Å². The maximum atomic E-state index is 12.4. The average molecular weight is 409 g/mol. The summed E-state index contributed by atoms with van der Waals surface area (Å²) in [5.41, 5.74) is 2.81. The summed E-state index contributed by atoms with van der Waals surface area (Å²) in [5, 5.41) is 10.5. The van der Waals surface area contributed by atoms with Crippen molar-refractivity contribution < 1.29 is 9.90 Å². The van der Waals surface area contributed by atoms with Crippen molar-refractivity contribution in [3.05, 3.63) is 29.6 Å². The van der Waals surface area contributed by atoms with Crippen LogP contribution >= 0.6 is 0 Å². The van der Waals surface area contributed by atoms with Gasteiger partial charge in [0.05, 0.1) is 16.6 Å². The van der Waals surface area contributed by atoms with Crippen molar-refractivity contribution in [3.8, 4) is 0 Å². The molecule has 4 nitrogen and oxygen atoms in total. The highest BCUT2D eigenvalue weighted by Crippen LogP contribution is 2.66. The molecule has 0 amide bonds. The first-order chi connectivity index (χ1) is 14.2. The van der Waals surface area contributed by atoms with Crippen molar-refractivity contribution in [3.63, 3.8) is 0 Å². The first-order valence-electron chi connectivity index (χ1n) is 11.9. The molecule has 1 aromatic carbocycles. The zero-order valence-electron chi connectivity index (χ0n) is 18.8. The lowest BCUT2D eigenvalue weighted by Crippen LogP contribution is -2.52. The van der Waals surface area contributed by atoms with Crippen LogP contribution in [0.2, 0.25) is 0 Å². The number of fused-ring (bicyclic) bond motifs is 1. The number of unbranched alkanes of at least 4 members (excludes halogenated alkanes) is 1. The summed E-state index contributed by atoms with van der Waals surface area (Å²) < 4.78 is 2.45. The zero-order valence-corrected chi connectivity index (χ0v) is 18.8. The molecule has 4 aliphatic rings. The molecule has 4 aliphatic carbocycles. The van der Waals surface area contributed by atoms with E-state index in [1.165, 1.54) is 38.5 Å². The first-order valence-corrected chi connectivity index (χ1v) is 11.9. The van der Waals surface area contributed by atoms with Gasteiger partial charge in [0.2, 0.25) is 0 Å². The summed E-state index contributed by atoms with van der Waals surface area (Å²) in [6, 6.07) is 6.18. The maximum absolute atomic E-state index is 12.4. The molecule has 0 atom stereocenters. The lowest BCUT2D eigenvalue weighted by molar-refractivity contribution is -0.142. The molecule has 4 saturated carbocycles. The SMILES string of the molecule is CC(C)(O)c1ccc2nc(CCCCC(=O)CC34CC(C3)C4)n(C3(C)CCC3)c2c1. The minimum absolute atomic E-state index is 0.127. The van der Waals surface area contributed by atoms with Crippen molar-refractivity contribution in [2.75, 3.05) is 0 Å². The topological polar surface area (TPSA) is 55.1 Å². The van der Waals surface area contributed by atoms with Gasteiger partial charge in [-0.1, -0.05) is 6.07 Å². The minimum Gasteiger partial charge on any atom is -0.386 e. The molecule has 4 heteroatoms. The quantitative estimate of drug-likeness (QED) is 0.547. The van der Waals surface area contributed by atoms with E-state index in [1.54, 1.807) is 0 Å². The third-order valence-corrected chi connectivity index (χ3v) is 8.24. The number of Topliss-reactive ketones (excluding diaryl/α,β-unsaturated/α-hetero) is 1. The molecule has 6 rings (SSSR count). The Bertz CT molecular complexity index is 960. The number of aryl methyl sites for hydroxylation is 1. The average Bonchev–Trinajstić information content (AvgIpc) is 2.96. The number of hydrogen-bond donors (Lipinski definition) is 1. The number of hydrogen-bond acceptors (Lipinski definition) is 3. The van der Waals surface area contributed by atoms with Gasteiger partial charge in [-0.05, 0) is 101 Å². The van der Waals surface area contributed by atoms with Crippen molar-refractivity contribution in [2.45, 2.75) is 103 Å². The van der Waals surface area contributed by atoms with Gasteiger partial charge in [0.25, 0.3) is 0 Å². The van der Waals surface area contributed by atoms with E-state index in [0.717, 1.165) is 60.4 Å². The van der Waals surface area contributed by atoms with E-state index in [9.17, 15) is 9.90 Å². The molecule has 30 heavy (non-hydrogen) atoms. The highest BCUT2D eigenvalue weighted by Gasteiger charge is 2.56. The molecule has 2 aromatic rings. The lowest BCUT2D eigenvalue weighted by atomic mass is 9.43. The molecule has 4 fully saturated rings. The van der Waals surface area contributed by atoms with Gasteiger partial charge < -0.3 is 9.67 Å². The van der Waals surface area contributed by atoms with E-state index in [1.807, 2.05) is 19.9 Å². The van der Waals surface area contributed by atoms with Gasteiger partial charge in [-0.25, -0.2) is 4.98 Å². The molecule has 0 aliphatic heterocycles. The predicted molar refractivity (Wildman–Crippen MR) is 119 cm³/mol. The van der Waals surface area contributed by atoms with Gasteiger partial charge in [-0.3, -0.25) is 4.79 Å². The standard InChI is InChI=1S/C26H36N2O2/c1-24(2,30)19-9-10-21-22(13-19)28(25(3)11-6-12-25)23(27-21)8-5-4-7-20(29)17-26-14-18(15-26)16-26/h9-10,13,18,30H,4-8,11-12,14-17H2,1-3H3. The van der Waals surface area contributed by atoms with Crippen LogP contribution in [0.4, 0.5) is 0 Å². The second-order valence-corrected chi connectivity index (χ2v) is 11.4. The molecule has 162 valence electrons. The minimum atomic E-state index is -0.856. The highest BCUT2D eigenvalue weighted by atomic mass is 16.3. The Balaban J connectivity index is 1.29. The van der Waals surface area contributed by atoms with Crippen LogP contribution in [0.25, 0.3) is 11.0 Å². The van der Waals surface area contributed by atoms with E-state index < -0.39 is 5.60 Å². The van der Waals surface area contributed by atoms with E-state index in [4.69, 9.17) is 4.98 Å². The highest BCUT2D eigenvalue weighted by molar-refractivity contribution is 5.79. The number of rotatable bonds is 9. The van der Waals surface area contributed by atoms with Gasteiger partial charge in [-0.15, -0.1) is 0 Å². The third-order valence-electron chi connectivity index (χ3n) is 8.24. The number of ketones is 1. The van der Waals surface area contributed by atoms with E-state index >= 15 is 0 Å². The van der Waals surface area contributed by atoms with Crippen LogP contribution in [-0.2, 0) is 22.4 Å². The molecule has 0 unspecified atom stereocenters. The molecule has 1 heterocycles. The Labute approximate surface area is 180 Å². The summed E-state index contributed by atoms with van der Waals surface area (Å²) >= 11 is 0. The molecule has 0 spiro atoms. The Morgan fingerprint density at radius 2 is 1.97 bits per heavy atom. The van der Waals surface area contributed by atoms with Crippen LogP contribution < -0.4 is 0 Å². The number of carbonyl (C=O) groups excluding carboxylic acids is 1. The van der Waals surface area contributed by atoms with Crippen LogP contribution in [0.3, 0.4) is 0 Å². The Hall–Kier alpha value is -1.68. The largest absolute Gasteiger partial charge is 0.386 e. The maximum Gasteiger partial charge on any atom is 0.133 e. The van der Waals surface area contributed by atoms with Crippen molar-refractivity contribution >= 4 is 16.8 Å². The summed E-state index contributed by atoms with van der Waals surface area (Å²) in [6.45, 7) is 6.01. The molecule has 0 saturated heterocycles. The van der Waals surface area contributed by atoms with Crippen molar-refractivity contribution in [2.24, 2.45) is 11.3 Å². The second kappa shape index (κ2) is 6.91. The normalized spacial score (nSPS) is 26.7. The number of nitrogens with zero attached hydrogens (tertiary/aromatic N) is 2. The van der Waals surface area contributed by atoms with Crippen LogP contribution in [0.15, 0.2) is 18.2 Å². The van der Waals surface area contributed by atoms with E-state index in [0.29, 0.717) is 11.2 Å². The fourth-order valence-electron chi connectivity index (χ4n) is 6.17. The van der Waals surface area contributed by atoms with Crippen LogP contribution in [0.5, 0.6) is 0 Å². The number of aliphatic hydroxyl groups is 1. The Morgan fingerprint density at radius 3 is 2.53 bits per heavy atom. The number of benzene rings is 1. The first kappa shape index (κ1) is 20.2. The fraction of sp³-hybridized carbons (Fsp3) is 0.692. The summed E-state index contributed by atoms with van der Waals surface area (Å²) in [6.07, 6.45) is 12.0. The lowest BCUT2D eigenvalue weighted by Gasteiger charge is -2.62. The van der Waals surface area contributed by atoms with Crippen LogP contribution in [-0.4, -0.2) is 20.4 Å². The predicted octanol–water partition coefficient (Wildman–Crippen LogP) is 5.63. The summed E-state index contributed by atoms with van der Waals surface area (Å²) in [5.74, 6) is 2.57. The summed E-state index contributed by atoms with van der Waals surface area (Å²) in [7, 11) is 0. The molecule has 2 bridgehead atoms. The van der Waals surface area contributed by atoms with Gasteiger partial charge in [0.1, 0.15) is 11.6 Å². The number of aromatic nitrogens is 2.